The highest BCUT2D eigenvalue weighted by Gasteiger charge is 2.20. The molecule has 0 atom stereocenters. The Morgan fingerprint density at radius 3 is 2.42 bits per heavy atom. The summed E-state index contributed by atoms with van der Waals surface area (Å²) in [6.07, 6.45) is 8.52. The maximum absolute atomic E-state index is 12.2. The Morgan fingerprint density at radius 1 is 1.19 bits per heavy atom. The van der Waals surface area contributed by atoms with E-state index in [0.717, 1.165) is 28.3 Å². The summed E-state index contributed by atoms with van der Waals surface area (Å²) in [6, 6.07) is 7.30. The average molecular weight is 399 g/mol. The van der Waals surface area contributed by atoms with Gasteiger partial charge < -0.3 is 5.32 Å². The molecule has 1 aromatic rings. The topological polar surface area (TPSA) is 66.5 Å². The number of sulfonamides is 1. The van der Waals surface area contributed by atoms with Crippen LogP contribution >= 0.6 is 11.8 Å². The molecule has 1 N–H and O–H groups in total. The lowest BCUT2D eigenvalue weighted by atomic mass is 10.0. The Hall–Kier alpha value is -1.21. The molecular weight excluding hydrogens is 368 g/mol. The van der Waals surface area contributed by atoms with E-state index < -0.39 is 10.0 Å². The average Bonchev–Trinajstić information content (AvgIpc) is 2.63. The lowest BCUT2D eigenvalue weighted by Gasteiger charge is -2.23. The first-order chi connectivity index (χ1) is 12.4. The van der Waals surface area contributed by atoms with Crippen molar-refractivity contribution >= 4 is 33.4 Å². The smallest absolute Gasteiger partial charge is 0.240 e. The van der Waals surface area contributed by atoms with Crippen molar-refractivity contribution in [1.29, 1.82) is 0 Å². The van der Waals surface area contributed by atoms with Gasteiger partial charge in [-0.15, -0.1) is 0 Å². The summed E-state index contributed by atoms with van der Waals surface area (Å²) in [5.74, 6) is 0.611. The Labute approximate surface area is 162 Å². The number of aryl methyl sites for hydroxylation is 1. The van der Waals surface area contributed by atoms with E-state index in [4.69, 9.17) is 0 Å². The highest BCUT2D eigenvalue weighted by Crippen LogP contribution is 2.27. The van der Waals surface area contributed by atoms with Crippen molar-refractivity contribution in [2.75, 3.05) is 29.4 Å². The highest BCUT2D eigenvalue weighted by atomic mass is 32.2. The van der Waals surface area contributed by atoms with Gasteiger partial charge in [0.2, 0.25) is 15.9 Å². The monoisotopic (exact) mass is 398 g/mol. The maximum Gasteiger partial charge on any atom is 0.240 e. The third kappa shape index (κ3) is 6.83. The van der Waals surface area contributed by atoms with Crippen LogP contribution in [0.2, 0.25) is 0 Å². The van der Waals surface area contributed by atoms with Crippen LogP contribution in [-0.2, 0) is 21.2 Å². The zero-order valence-electron chi connectivity index (χ0n) is 15.7. The number of nitrogens with one attached hydrogen (secondary N) is 1. The minimum atomic E-state index is -3.51. The molecular formula is C19H30N2O3S2. The molecule has 1 aliphatic carbocycles. The van der Waals surface area contributed by atoms with Crippen molar-refractivity contribution in [3.63, 3.8) is 0 Å². The van der Waals surface area contributed by atoms with Crippen LogP contribution in [0.4, 0.5) is 5.69 Å². The van der Waals surface area contributed by atoms with E-state index in [2.05, 4.69) is 5.32 Å². The van der Waals surface area contributed by atoms with Gasteiger partial charge >= 0.3 is 0 Å². The van der Waals surface area contributed by atoms with Gasteiger partial charge in [0.25, 0.3) is 0 Å². The molecule has 0 aliphatic heterocycles. The zero-order chi connectivity index (χ0) is 19.0. The first kappa shape index (κ1) is 21.1. The number of amides is 1. The number of nitrogens with zero attached hydrogens (tertiary/aromatic N) is 1. The molecule has 1 aromatic carbocycles. The lowest BCUT2D eigenvalue weighted by molar-refractivity contribution is -0.119. The van der Waals surface area contributed by atoms with E-state index in [0.29, 0.717) is 17.5 Å². The molecule has 1 aliphatic rings. The van der Waals surface area contributed by atoms with E-state index in [9.17, 15) is 13.2 Å². The molecule has 0 spiro atoms. The maximum atomic E-state index is 12.2. The van der Waals surface area contributed by atoms with Crippen molar-refractivity contribution in [2.24, 2.45) is 0 Å². The number of rotatable bonds is 9. The van der Waals surface area contributed by atoms with Crippen LogP contribution in [0, 0.1) is 0 Å². The van der Waals surface area contributed by atoms with Gasteiger partial charge in [-0.05, 0) is 37.0 Å². The summed E-state index contributed by atoms with van der Waals surface area (Å²) in [5.41, 5.74) is 1.66. The number of hydrogen-bond donors (Lipinski definition) is 1. The molecule has 0 saturated heterocycles. The molecule has 0 aromatic heterocycles. The second kappa shape index (κ2) is 10.2. The number of anilines is 1. The third-order valence-electron chi connectivity index (χ3n) is 4.65. The lowest BCUT2D eigenvalue weighted by Crippen LogP contribution is -2.41. The van der Waals surface area contributed by atoms with Gasteiger partial charge in [-0.25, -0.2) is 8.42 Å². The van der Waals surface area contributed by atoms with Crippen LogP contribution in [0.1, 0.15) is 44.6 Å². The molecule has 0 bridgehead atoms. The first-order valence-electron chi connectivity index (χ1n) is 9.35. The van der Waals surface area contributed by atoms with Crippen LogP contribution in [0.3, 0.4) is 0 Å². The van der Waals surface area contributed by atoms with Crippen LogP contribution in [0.25, 0.3) is 0 Å². The van der Waals surface area contributed by atoms with Crippen LogP contribution in [0.15, 0.2) is 24.3 Å². The predicted octanol–water partition coefficient (Wildman–Crippen LogP) is 3.20. The second-order valence-electron chi connectivity index (χ2n) is 6.77. The summed E-state index contributed by atoms with van der Waals surface area (Å²) in [4.78, 5) is 12.2. The number of carbonyl (C=O) groups excluding carboxylic acids is 1. The Kier molecular flexibility index (Phi) is 8.28. The van der Waals surface area contributed by atoms with Gasteiger partial charge in [-0.1, -0.05) is 38.3 Å². The molecule has 0 unspecified atom stereocenters. The van der Waals surface area contributed by atoms with E-state index in [-0.39, 0.29) is 12.5 Å². The summed E-state index contributed by atoms with van der Waals surface area (Å²) >= 11 is 1.92. The molecule has 2 rings (SSSR count). The Morgan fingerprint density at radius 2 is 1.85 bits per heavy atom. The number of hydrogen-bond acceptors (Lipinski definition) is 4. The van der Waals surface area contributed by atoms with E-state index >= 15 is 0 Å². The number of benzene rings is 1. The van der Waals surface area contributed by atoms with Crippen molar-refractivity contribution < 1.29 is 13.2 Å². The Balaban J connectivity index is 1.84. The summed E-state index contributed by atoms with van der Waals surface area (Å²) in [5, 5.41) is 3.56. The van der Waals surface area contributed by atoms with Crippen molar-refractivity contribution in [3.05, 3.63) is 29.8 Å². The van der Waals surface area contributed by atoms with Crippen molar-refractivity contribution in [1.82, 2.24) is 5.32 Å². The highest BCUT2D eigenvalue weighted by molar-refractivity contribution is 7.99. The van der Waals surface area contributed by atoms with Gasteiger partial charge in [-0.3, -0.25) is 9.10 Å². The van der Waals surface area contributed by atoms with Crippen LogP contribution in [0.5, 0.6) is 0 Å². The number of thioether (sulfide) groups is 1. The minimum absolute atomic E-state index is 0.182. The molecule has 0 heterocycles. The van der Waals surface area contributed by atoms with Crippen molar-refractivity contribution in [2.45, 2.75) is 50.7 Å². The second-order valence-corrected chi connectivity index (χ2v) is 10.1. The predicted molar refractivity (Wildman–Crippen MR) is 110 cm³/mol. The molecule has 0 radical (unpaired) electrons. The SMILES string of the molecule is CCc1ccc(N(CC(=O)NCCSC2CCCCC2)S(C)(=O)=O)cc1. The van der Waals surface area contributed by atoms with Gasteiger partial charge in [0.1, 0.15) is 6.54 Å². The van der Waals surface area contributed by atoms with Gasteiger partial charge in [0.15, 0.2) is 0 Å². The molecule has 5 nitrogen and oxygen atoms in total. The summed E-state index contributed by atoms with van der Waals surface area (Å²) in [6.45, 7) is 2.44. The van der Waals surface area contributed by atoms with E-state index in [1.807, 2.05) is 30.8 Å². The largest absolute Gasteiger partial charge is 0.354 e. The third-order valence-corrected chi connectivity index (χ3v) is 7.17. The van der Waals surface area contributed by atoms with Gasteiger partial charge in [-0.2, -0.15) is 11.8 Å². The van der Waals surface area contributed by atoms with E-state index in [1.54, 1.807) is 12.1 Å². The van der Waals surface area contributed by atoms with Gasteiger partial charge in [0, 0.05) is 17.5 Å². The molecule has 1 saturated carbocycles. The quantitative estimate of drug-likeness (QED) is 0.649. The summed E-state index contributed by atoms with van der Waals surface area (Å²) in [7, 11) is -3.51. The zero-order valence-corrected chi connectivity index (χ0v) is 17.4. The standard InChI is InChI=1S/C19H30N2O3S2/c1-3-16-9-11-17(12-10-16)21(26(2,23)24)15-19(22)20-13-14-25-18-7-5-4-6-8-18/h9-12,18H,3-8,13-15H2,1-2H3,(H,20,22). The van der Waals surface area contributed by atoms with E-state index in [1.165, 1.54) is 32.1 Å². The van der Waals surface area contributed by atoms with Crippen molar-refractivity contribution in [3.8, 4) is 0 Å². The molecule has 1 amide bonds. The fourth-order valence-electron chi connectivity index (χ4n) is 3.13. The minimum Gasteiger partial charge on any atom is -0.354 e. The molecule has 1 fully saturated rings. The summed E-state index contributed by atoms with van der Waals surface area (Å²) < 4.78 is 25.4. The fraction of sp³-hybridized carbons (Fsp3) is 0.632. The fourth-order valence-corrected chi connectivity index (χ4v) is 5.21. The molecule has 26 heavy (non-hydrogen) atoms. The van der Waals surface area contributed by atoms with Gasteiger partial charge in [0.05, 0.1) is 11.9 Å². The number of carbonyl (C=O) groups is 1. The first-order valence-corrected chi connectivity index (χ1v) is 12.2. The molecule has 146 valence electrons. The van der Waals surface area contributed by atoms with Crippen LogP contribution < -0.4 is 9.62 Å². The van der Waals surface area contributed by atoms with Crippen LogP contribution in [-0.4, -0.2) is 44.7 Å². The Bertz CT molecular complexity index is 669. The molecule has 7 heteroatoms. The normalized spacial score (nSPS) is 15.6.